The minimum atomic E-state index is -0.674. The highest BCUT2D eigenvalue weighted by Crippen LogP contribution is 2.33. The van der Waals surface area contributed by atoms with Gasteiger partial charge in [0.1, 0.15) is 5.82 Å². The quantitative estimate of drug-likeness (QED) is 0.698. The molecule has 1 aliphatic rings. The lowest BCUT2D eigenvalue weighted by Crippen LogP contribution is -2.41. The first-order chi connectivity index (χ1) is 13.2. The van der Waals surface area contributed by atoms with Crippen molar-refractivity contribution in [1.82, 2.24) is 15.1 Å². The molecule has 1 unspecified atom stereocenters. The second-order valence-electron chi connectivity index (χ2n) is 8.35. The van der Waals surface area contributed by atoms with Crippen molar-refractivity contribution in [3.8, 4) is 0 Å². The standard InChI is InChI=1S/C20H29ClN4O2S/c1-19(2,13-27-4)18(26)25-17(23-11-14-6-7-16(21)28-14)10-15(24-25)20(3)8-5-9-22-12-20/h6-7,10,22-23H,5,8-9,11-13H2,1-4H3. The molecule has 1 atom stereocenters. The number of nitrogens with one attached hydrogen (secondary N) is 2. The van der Waals surface area contributed by atoms with Gasteiger partial charge >= 0.3 is 0 Å². The topological polar surface area (TPSA) is 68.2 Å². The summed E-state index contributed by atoms with van der Waals surface area (Å²) in [4.78, 5) is 14.3. The van der Waals surface area contributed by atoms with Crippen LogP contribution >= 0.6 is 22.9 Å². The minimum absolute atomic E-state index is 0.0836. The Morgan fingerprint density at radius 2 is 2.29 bits per heavy atom. The lowest BCUT2D eigenvalue weighted by Gasteiger charge is -2.32. The fourth-order valence-corrected chi connectivity index (χ4v) is 4.59. The van der Waals surface area contributed by atoms with Crippen molar-refractivity contribution in [2.75, 3.05) is 32.1 Å². The first-order valence-corrected chi connectivity index (χ1v) is 10.8. The van der Waals surface area contributed by atoms with Crippen molar-refractivity contribution in [3.63, 3.8) is 0 Å². The molecule has 2 N–H and O–H groups in total. The van der Waals surface area contributed by atoms with E-state index in [0.29, 0.717) is 19.0 Å². The number of methoxy groups -OCH3 is 1. The highest BCUT2D eigenvalue weighted by atomic mass is 35.5. The van der Waals surface area contributed by atoms with Gasteiger partial charge in [-0.05, 0) is 45.4 Å². The third-order valence-corrected chi connectivity index (χ3v) is 6.51. The monoisotopic (exact) mass is 424 g/mol. The number of hydrogen-bond donors (Lipinski definition) is 2. The van der Waals surface area contributed by atoms with Crippen molar-refractivity contribution in [2.24, 2.45) is 5.41 Å². The van der Waals surface area contributed by atoms with E-state index in [1.807, 2.05) is 32.0 Å². The van der Waals surface area contributed by atoms with Crippen molar-refractivity contribution in [3.05, 3.63) is 33.1 Å². The molecule has 1 fully saturated rings. The SMILES string of the molecule is COCC(C)(C)C(=O)n1nc(C2(C)CCCNC2)cc1NCc1ccc(Cl)s1. The van der Waals surface area contributed by atoms with Crippen LogP contribution in [-0.2, 0) is 16.7 Å². The van der Waals surface area contributed by atoms with E-state index in [4.69, 9.17) is 21.4 Å². The van der Waals surface area contributed by atoms with Gasteiger partial charge in [-0.1, -0.05) is 18.5 Å². The molecule has 0 spiro atoms. The number of carbonyl (C=O) groups is 1. The Balaban J connectivity index is 1.91. The Hall–Kier alpha value is -1.41. The maximum absolute atomic E-state index is 13.2. The van der Waals surface area contributed by atoms with E-state index in [2.05, 4.69) is 17.6 Å². The van der Waals surface area contributed by atoms with Gasteiger partial charge in [-0.25, -0.2) is 0 Å². The summed E-state index contributed by atoms with van der Waals surface area (Å²) in [5, 5.41) is 11.6. The number of piperidine rings is 1. The molecule has 0 amide bonds. The van der Waals surface area contributed by atoms with E-state index >= 15 is 0 Å². The smallest absolute Gasteiger partial charge is 0.256 e. The molecule has 0 radical (unpaired) electrons. The normalized spacial score (nSPS) is 20.3. The van der Waals surface area contributed by atoms with Gasteiger partial charge < -0.3 is 15.4 Å². The largest absolute Gasteiger partial charge is 0.384 e. The van der Waals surface area contributed by atoms with Gasteiger partial charge in [-0.15, -0.1) is 11.3 Å². The second kappa shape index (κ2) is 8.53. The number of halogens is 1. The predicted octanol–water partition coefficient (Wildman–Crippen LogP) is 4.16. The number of rotatable bonds is 7. The van der Waals surface area contributed by atoms with Gasteiger partial charge in [-0.2, -0.15) is 9.78 Å². The Bertz CT molecular complexity index is 824. The van der Waals surface area contributed by atoms with Crippen LogP contribution in [0.4, 0.5) is 5.82 Å². The Morgan fingerprint density at radius 3 is 2.89 bits per heavy atom. The van der Waals surface area contributed by atoms with Crippen LogP contribution in [0.15, 0.2) is 18.2 Å². The van der Waals surface area contributed by atoms with Crippen LogP contribution in [0.2, 0.25) is 4.34 Å². The van der Waals surface area contributed by atoms with Crippen LogP contribution in [0.25, 0.3) is 0 Å². The van der Waals surface area contributed by atoms with Gasteiger partial charge in [0.15, 0.2) is 0 Å². The first-order valence-electron chi connectivity index (χ1n) is 9.58. The van der Waals surface area contributed by atoms with Crippen molar-refractivity contribution in [1.29, 1.82) is 0 Å². The molecule has 1 aliphatic heterocycles. The Morgan fingerprint density at radius 1 is 1.50 bits per heavy atom. The number of hydrogen-bond acceptors (Lipinski definition) is 6. The van der Waals surface area contributed by atoms with E-state index in [9.17, 15) is 4.79 Å². The number of thiophene rings is 1. The van der Waals surface area contributed by atoms with Crippen LogP contribution in [0.5, 0.6) is 0 Å². The second-order valence-corrected chi connectivity index (χ2v) is 10.1. The number of anilines is 1. The van der Waals surface area contributed by atoms with Gasteiger partial charge in [0.2, 0.25) is 0 Å². The molecule has 154 valence electrons. The average Bonchev–Trinajstić information content (AvgIpc) is 3.26. The third-order valence-electron chi connectivity index (χ3n) is 5.27. The summed E-state index contributed by atoms with van der Waals surface area (Å²) in [6.07, 6.45) is 2.15. The zero-order valence-corrected chi connectivity index (χ0v) is 18.5. The summed E-state index contributed by atoms with van der Waals surface area (Å²) in [6.45, 7) is 8.79. The molecule has 0 saturated carbocycles. The molecule has 0 aromatic carbocycles. The molecule has 3 heterocycles. The zero-order valence-electron chi connectivity index (χ0n) is 17.0. The van der Waals surface area contributed by atoms with E-state index < -0.39 is 5.41 Å². The van der Waals surface area contributed by atoms with Gasteiger partial charge in [-0.3, -0.25) is 4.79 Å². The van der Waals surface area contributed by atoms with Gasteiger partial charge in [0.05, 0.1) is 28.6 Å². The fourth-order valence-electron chi connectivity index (χ4n) is 3.57. The average molecular weight is 425 g/mol. The molecular formula is C20H29ClN4O2S. The van der Waals surface area contributed by atoms with Crippen molar-refractivity contribution >= 4 is 34.7 Å². The maximum Gasteiger partial charge on any atom is 0.256 e. The fraction of sp³-hybridized carbons (Fsp3) is 0.600. The van der Waals surface area contributed by atoms with Crippen molar-refractivity contribution < 1.29 is 9.53 Å². The molecular weight excluding hydrogens is 396 g/mol. The summed E-state index contributed by atoms with van der Waals surface area (Å²) in [5.74, 6) is 0.625. The molecule has 2 aromatic rings. The van der Waals surface area contributed by atoms with Crippen LogP contribution < -0.4 is 10.6 Å². The van der Waals surface area contributed by atoms with E-state index in [0.717, 1.165) is 40.8 Å². The predicted molar refractivity (Wildman–Crippen MR) is 115 cm³/mol. The van der Waals surface area contributed by atoms with E-state index in [-0.39, 0.29) is 11.3 Å². The molecule has 6 nitrogen and oxygen atoms in total. The van der Waals surface area contributed by atoms with Gasteiger partial charge in [0, 0.05) is 30.0 Å². The molecule has 2 aromatic heterocycles. The molecule has 0 bridgehead atoms. The Kier molecular flexibility index (Phi) is 6.49. The zero-order chi connectivity index (χ0) is 20.4. The van der Waals surface area contributed by atoms with Crippen LogP contribution in [-0.4, -0.2) is 42.5 Å². The summed E-state index contributed by atoms with van der Waals surface area (Å²) >= 11 is 7.57. The molecule has 0 aliphatic carbocycles. The summed E-state index contributed by atoms with van der Waals surface area (Å²) < 4.78 is 7.53. The number of aromatic nitrogens is 2. The molecule has 1 saturated heterocycles. The number of ether oxygens (including phenoxy) is 1. The van der Waals surface area contributed by atoms with E-state index in [1.54, 1.807) is 7.11 Å². The van der Waals surface area contributed by atoms with E-state index in [1.165, 1.54) is 16.0 Å². The third kappa shape index (κ3) is 4.59. The highest BCUT2D eigenvalue weighted by Gasteiger charge is 2.36. The van der Waals surface area contributed by atoms with Crippen LogP contribution in [0.3, 0.4) is 0 Å². The summed E-state index contributed by atoms with van der Waals surface area (Å²) in [5.41, 5.74) is 0.178. The van der Waals surface area contributed by atoms with Gasteiger partial charge in [0.25, 0.3) is 5.91 Å². The summed E-state index contributed by atoms with van der Waals surface area (Å²) in [6, 6.07) is 5.89. The summed E-state index contributed by atoms with van der Waals surface area (Å²) in [7, 11) is 1.61. The molecule has 28 heavy (non-hydrogen) atoms. The lowest BCUT2D eigenvalue weighted by atomic mass is 9.80. The van der Waals surface area contributed by atoms with Crippen LogP contribution in [0, 0.1) is 5.41 Å². The molecule has 3 rings (SSSR count). The number of carbonyl (C=O) groups excluding carboxylic acids is 1. The minimum Gasteiger partial charge on any atom is -0.384 e. The molecule has 8 heteroatoms. The maximum atomic E-state index is 13.2. The lowest BCUT2D eigenvalue weighted by molar-refractivity contribution is 0.0528. The highest BCUT2D eigenvalue weighted by molar-refractivity contribution is 7.16. The Labute approximate surface area is 175 Å². The van der Waals surface area contributed by atoms with Crippen LogP contribution in [0.1, 0.15) is 49.0 Å². The number of nitrogens with zero attached hydrogens (tertiary/aromatic N) is 2. The first kappa shape index (κ1) is 21.3. The van der Waals surface area contributed by atoms with Crippen molar-refractivity contribution in [2.45, 2.75) is 45.6 Å².